The maximum absolute atomic E-state index is 14.9. The summed E-state index contributed by atoms with van der Waals surface area (Å²) in [6.07, 6.45) is 2.79. The van der Waals surface area contributed by atoms with Gasteiger partial charge in [0.25, 0.3) is 0 Å². The molecule has 3 aromatic carbocycles. The van der Waals surface area contributed by atoms with Crippen LogP contribution in [-0.2, 0) is 43.1 Å². The van der Waals surface area contributed by atoms with E-state index in [0.717, 1.165) is 36.0 Å². The first-order valence-corrected chi connectivity index (χ1v) is 18.1. The van der Waals surface area contributed by atoms with Crippen LogP contribution in [0.1, 0.15) is 103 Å². The van der Waals surface area contributed by atoms with Gasteiger partial charge in [-0.3, -0.25) is 9.59 Å². The van der Waals surface area contributed by atoms with Crippen LogP contribution in [0.25, 0.3) is 0 Å². The minimum Gasteiger partial charge on any atom is -0.458 e. The number of nitrogens with zero attached hydrogens (tertiary/aromatic N) is 1. The molecule has 9 nitrogen and oxygen atoms in total. The van der Waals surface area contributed by atoms with Crippen molar-refractivity contribution in [2.45, 2.75) is 123 Å². The fraction of sp³-hybridized carbons (Fsp3) is 0.476. The Morgan fingerprint density at radius 2 is 1.18 bits per heavy atom. The van der Waals surface area contributed by atoms with Gasteiger partial charge in [0.05, 0.1) is 0 Å². The lowest BCUT2D eigenvalue weighted by atomic mass is 9.97. The Morgan fingerprint density at radius 1 is 0.647 bits per heavy atom. The van der Waals surface area contributed by atoms with E-state index in [2.05, 4.69) is 17.6 Å². The van der Waals surface area contributed by atoms with E-state index in [-0.39, 0.29) is 19.4 Å². The second kappa shape index (κ2) is 19.1. The summed E-state index contributed by atoms with van der Waals surface area (Å²) in [5.74, 6) is -1.53. The van der Waals surface area contributed by atoms with Crippen molar-refractivity contribution in [3.05, 3.63) is 107 Å². The molecule has 276 valence electrons. The van der Waals surface area contributed by atoms with E-state index >= 15 is 0 Å². The molecule has 0 aromatic heterocycles. The van der Waals surface area contributed by atoms with Crippen LogP contribution < -0.4 is 10.6 Å². The maximum atomic E-state index is 14.9. The van der Waals surface area contributed by atoms with E-state index in [0.29, 0.717) is 12.0 Å². The lowest BCUT2D eigenvalue weighted by molar-refractivity contribution is -0.159. The van der Waals surface area contributed by atoms with Crippen molar-refractivity contribution >= 4 is 23.9 Å². The number of carbonyl (C=O) groups is 4. The molecule has 2 N–H and O–H groups in total. The highest BCUT2D eigenvalue weighted by Crippen LogP contribution is 2.26. The van der Waals surface area contributed by atoms with Gasteiger partial charge in [0, 0.05) is 19.4 Å². The van der Waals surface area contributed by atoms with Gasteiger partial charge in [-0.25, -0.2) is 9.59 Å². The highest BCUT2D eigenvalue weighted by Gasteiger charge is 2.38. The molecule has 0 aliphatic carbocycles. The van der Waals surface area contributed by atoms with Gasteiger partial charge in [-0.15, -0.1) is 0 Å². The molecule has 51 heavy (non-hydrogen) atoms. The molecule has 3 atom stereocenters. The van der Waals surface area contributed by atoms with Gasteiger partial charge in [0.2, 0.25) is 11.8 Å². The van der Waals surface area contributed by atoms with Crippen molar-refractivity contribution in [3.8, 4) is 0 Å². The van der Waals surface area contributed by atoms with Crippen LogP contribution >= 0.6 is 0 Å². The SMILES string of the molecule is CCCCCN(C(=O)C(Cc1ccccc1)NC(=O)OC(C)(C)C)C(C(=O)NC(Cc1ccccc1)C(=O)OC(C)(C)C)c1ccc(CC)cc1. The fourth-order valence-corrected chi connectivity index (χ4v) is 5.67. The van der Waals surface area contributed by atoms with Crippen LogP contribution in [0.2, 0.25) is 0 Å². The van der Waals surface area contributed by atoms with Crippen LogP contribution in [0.5, 0.6) is 0 Å². The van der Waals surface area contributed by atoms with E-state index < -0.39 is 53.2 Å². The fourth-order valence-electron chi connectivity index (χ4n) is 5.67. The zero-order chi connectivity index (χ0) is 37.6. The predicted molar refractivity (Wildman–Crippen MR) is 201 cm³/mol. The van der Waals surface area contributed by atoms with Crippen molar-refractivity contribution < 1.29 is 28.7 Å². The Labute approximate surface area is 304 Å². The number of alkyl carbamates (subject to hydrolysis) is 1. The van der Waals surface area contributed by atoms with Gasteiger partial charge in [0.1, 0.15) is 29.3 Å². The molecule has 0 fully saturated rings. The Bertz CT molecular complexity index is 1550. The minimum absolute atomic E-state index is 0.181. The number of hydrogen-bond acceptors (Lipinski definition) is 6. The van der Waals surface area contributed by atoms with Gasteiger partial charge < -0.3 is 25.0 Å². The van der Waals surface area contributed by atoms with E-state index in [4.69, 9.17) is 9.47 Å². The number of carbonyl (C=O) groups excluding carboxylic acids is 4. The summed E-state index contributed by atoms with van der Waals surface area (Å²) in [7, 11) is 0. The Hall–Kier alpha value is -4.66. The summed E-state index contributed by atoms with van der Waals surface area (Å²) in [6, 6.07) is 23.3. The van der Waals surface area contributed by atoms with Crippen LogP contribution in [0, 0.1) is 0 Å². The third-order valence-corrected chi connectivity index (χ3v) is 8.11. The van der Waals surface area contributed by atoms with Crippen LogP contribution in [0.4, 0.5) is 4.79 Å². The number of aryl methyl sites for hydroxylation is 1. The summed E-state index contributed by atoms with van der Waals surface area (Å²) in [5, 5.41) is 5.80. The topological polar surface area (TPSA) is 114 Å². The molecule has 9 heteroatoms. The third-order valence-electron chi connectivity index (χ3n) is 8.11. The second-order valence-corrected chi connectivity index (χ2v) is 14.9. The Morgan fingerprint density at radius 3 is 1.67 bits per heavy atom. The lowest BCUT2D eigenvalue weighted by Gasteiger charge is -2.35. The Balaban J connectivity index is 2.12. The molecule has 3 aromatic rings. The highest BCUT2D eigenvalue weighted by molar-refractivity contribution is 5.94. The summed E-state index contributed by atoms with van der Waals surface area (Å²) in [5.41, 5.74) is 1.77. The average molecular weight is 700 g/mol. The normalized spacial score (nSPS) is 13.3. The first-order chi connectivity index (χ1) is 24.1. The maximum Gasteiger partial charge on any atom is 0.408 e. The van der Waals surface area contributed by atoms with Crippen molar-refractivity contribution in [2.24, 2.45) is 0 Å². The average Bonchev–Trinajstić information content (AvgIpc) is 3.06. The number of hydrogen-bond donors (Lipinski definition) is 2. The molecule has 0 spiro atoms. The van der Waals surface area contributed by atoms with Crippen LogP contribution in [0.15, 0.2) is 84.9 Å². The molecule has 3 amide bonds. The molecule has 0 radical (unpaired) electrons. The molecular formula is C42H57N3O6. The molecule has 3 rings (SSSR count). The molecule has 0 bridgehead atoms. The second-order valence-electron chi connectivity index (χ2n) is 14.9. The van der Waals surface area contributed by atoms with Gasteiger partial charge >= 0.3 is 12.1 Å². The van der Waals surface area contributed by atoms with E-state index in [1.807, 2.05) is 91.9 Å². The van der Waals surface area contributed by atoms with Gasteiger partial charge in [-0.05, 0) is 76.6 Å². The summed E-state index contributed by atoms with van der Waals surface area (Å²) < 4.78 is 11.3. The molecule has 0 aliphatic rings. The Kier molecular flexibility index (Phi) is 15.3. The molecule has 0 saturated carbocycles. The standard InChI is InChI=1S/C42H57N3O6/c1-9-11-18-27-45(38(47)34(28-31-19-14-12-15-20-31)44-40(49)51-42(6,7)8)36(33-25-23-30(10-2)24-26-33)37(46)43-35(39(48)50-41(3,4)5)29-32-21-16-13-17-22-32/h12-17,19-26,34-36H,9-11,18,27-29H2,1-8H3,(H,43,46)(H,44,49). The number of amides is 3. The van der Waals surface area contributed by atoms with E-state index in [1.54, 1.807) is 46.4 Å². The quantitative estimate of drug-likeness (QED) is 0.118. The molecular weight excluding hydrogens is 642 g/mol. The highest BCUT2D eigenvalue weighted by atomic mass is 16.6. The van der Waals surface area contributed by atoms with Gasteiger partial charge in [-0.2, -0.15) is 0 Å². The first-order valence-electron chi connectivity index (χ1n) is 18.1. The van der Waals surface area contributed by atoms with Crippen molar-refractivity contribution in [3.63, 3.8) is 0 Å². The van der Waals surface area contributed by atoms with E-state index in [1.165, 1.54) is 0 Å². The van der Waals surface area contributed by atoms with Crippen molar-refractivity contribution in [2.75, 3.05) is 6.54 Å². The number of ether oxygens (including phenoxy) is 2. The zero-order valence-electron chi connectivity index (χ0n) is 31.7. The monoisotopic (exact) mass is 699 g/mol. The van der Waals surface area contributed by atoms with Crippen LogP contribution in [-0.4, -0.2) is 58.6 Å². The summed E-state index contributed by atoms with van der Waals surface area (Å²) >= 11 is 0. The molecule has 0 saturated heterocycles. The van der Waals surface area contributed by atoms with Gasteiger partial charge in [-0.1, -0.05) is 112 Å². The number of unbranched alkanes of at least 4 members (excludes halogenated alkanes) is 2. The third kappa shape index (κ3) is 13.9. The first kappa shape index (κ1) is 40.8. The molecule has 0 aliphatic heterocycles. The molecule has 3 unspecified atom stereocenters. The predicted octanol–water partition coefficient (Wildman–Crippen LogP) is 7.51. The van der Waals surface area contributed by atoms with Crippen molar-refractivity contribution in [1.82, 2.24) is 15.5 Å². The minimum atomic E-state index is -1.11. The van der Waals surface area contributed by atoms with Crippen LogP contribution in [0.3, 0.4) is 0 Å². The lowest BCUT2D eigenvalue weighted by Crippen LogP contribution is -2.55. The largest absolute Gasteiger partial charge is 0.458 e. The number of esters is 1. The molecule has 0 heterocycles. The van der Waals surface area contributed by atoms with E-state index in [9.17, 15) is 19.2 Å². The number of rotatable bonds is 16. The summed E-state index contributed by atoms with van der Waals surface area (Å²) in [4.78, 5) is 57.9. The van der Waals surface area contributed by atoms with Crippen molar-refractivity contribution in [1.29, 1.82) is 0 Å². The van der Waals surface area contributed by atoms with Gasteiger partial charge in [0.15, 0.2) is 0 Å². The number of nitrogens with one attached hydrogen (secondary N) is 2. The zero-order valence-corrected chi connectivity index (χ0v) is 31.7. The summed E-state index contributed by atoms with van der Waals surface area (Å²) in [6.45, 7) is 15.0. The number of benzene rings is 3. The smallest absolute Gasteiger partial charge is 0.408 e.